The predicted octanol–water partition coefficient (Wildman–Crippen LogP) is 0.941. The molecule has 3 rings (SSSR count). The molecule has 0 unspecified atom stereocenters. The van der Waals surface area contributed by atoms with Gasteiger partial charge < -0.3 is 19.1 Å². The van der Waals surface area contributed by atoms with Crippen molar-refractivity contribution < 1.29 is 31.9 Å². The second-order valence-electron chi connectivity index (χ2n) is 6.80. The van der Waals surface area contributed by atoms with Crippen LogP contribution in [-0.4, -0.2) is 60.2 Å². The van der Waals surface area contributed by atoms with Crippen molar-refractivity contribution in [1.82, 2.24) is 4.31 Å². The molecular formula is C20H26FN2O5S+. The fourth-order valence-corrected chi connectivity index (χ4v) is 4.92. The van der Waals surface area contributed by atoms with Gasteiger partial charge in [0.1, 0.15) is 18.1 Å². The lowest BCUT2D eigenvalue weighted by Gasteiger charge is -2.31. The summed E-state index contributed by atoms with van der Waals surface area (Å²) in [6, 6.07) is 8.63. The van der Waals surface area contributed by atoms with E-state index in [1.165, 1.54) is 21.3 Å². The highest BCUT2D eigenvalue weighted by molar-refractivity contribution is 7.89. The first kappa shape index (κ1) is 21.4. The quantitative estimate of drug-likeness (QED) is 0.715. The first-order valence-electron chi connectivity index (χ1n) is 9.27. The maximum Gasteiger partial charge on any atom is 0.243 e. The molecule has 0 saturated carbocycles. The standard InChI is InChI=1S/C20H25FN2O5S/c1-26-18-13-20(28-3)19(27-2)12-15(18)14-22-8-10-23(11-9-22)29(24,25)17-6-4-16(21)5-7-17/h4-7,12-13H,8-11,14H2,1-3H3/p+1. The third kappa shape index (κ3) is 4.63. The molecule has 1 N–H and O–H groups in total. The number of quaternary nitrogens is 1. The molecule has 158 valence electrons. The molecule has 1 aliphatic heterocycles. The smallest absolute Gasteiger partial charge is 0.243 e. The summed E-state index contributed by atoms with van der Waals surface area (Å²) in [4.78, 5) is 1.35. The Morgan fingerprint density at radius 3 is 2.03 bits per heavy atom. The Labute approximate surface area is 170 Å². The van der Waals surface area contributed by atoms with Gasteiger partial charge in [0.15, 0.2) is 11.5 Å². The lowest BCUT2D eigenvalue weighted by Crippen LogP contribution is -3.13. The molecule has 1 aliphatic rings. The normalized spacial score (nSPS) is 15.9. The zero-order valence-electron chi connectivity index (χ0n) is 16.8. The molecule has 9 heteroatoms. The van der Waals surface area contributed by atoms with Crippen LogP contribution in [0.25, 0.3) is 0 Å². The van der Waals surface area contributed by atoms with Crippen molar-refractivity contribution in [3.8, 4) is 17.2 Å². The van der Waals surface area contributed by atoms with Gasteiger partial charge in [-0.15, -0.1) is 0 Å². The van der Waals surface area contributed by atoms with Gasteiger partial charge in [-0.25, -0.2) is 12.8 Å². The van der Waals surface area contributed by atoms with Crippen molar-refractivity contribution in [3.63, 3.8) is 0 Å². The van der Waals surface area contributed by atoms with Crippen LogP contribution in [0.3, 0.4) is 0 Å². The second-order valence-corrected chi connectivity index (χ2v) is 8.74. The predicted molar refractivity (Wildman–Crippen MR) is 106 cm³/mol. The molecule has 0 spiro atoms. The molecule has 0 atom stereocenters. The van der Waals surface area contributed by atoms with Crippen molar-refractivity contribution in [2.24, 2.45) is 0 Å². The minimum Gasteiger partial charge on any atom is -0.496 e. The molecule has 29 heavy (non-hydrogen) atoms. The molecule has 0 amide bonds. The molecule has 1 heterocycles. The van der Waals surface area contributed by atoms with Gasteiger partial charge in [-0.2, -0.15) is 4.31 Å². The Hall–Kier alpha value is -2.36. The van der Waals surface area contributed by atoms with Crippen LogP contribution in [-0.2, 0) is 16.6 Å². The van der Waals surface area contributed by atoms with Crippen molar-refractivity contribution in [1.29, 1.82) is 0 Å². The van der Waals surface area contributed by atoms with Gasteiger partial charge in [-0.3, -0.25) is 0 Å². The number of hydrogen-bond acceptors (Lipinski definition) is 5. The number of nitrogens with zero attached hydrogens (tertiary/aromatic N) is 1. The number of rotatable bonds is 7. The largest absolute Gasteiger partial charge is 0.496 e. The van der Waals surface area contributed by atoms with Crippen molar-refractivity contribution in [3.05, 3.63) is 47.8 Å². The summed E-state index contributed by atoms with van der Waals surface area (Å²) >= 11 is 0. The number of benzene rings is 2. The van der Waals surface area contributed by atoms with E-state index >= 15 is 0 Å². The van der Waals surface area contributed by atoms with Crippen LogP contribution >= 0.6 is 0 Å². The van der Waals surface area contributed by atoms with Crippen LogP contribution in [0.2, 0.25) is 0 Å². The molecule has 2 aromatic rings. The van der Waals surface area contributed by atoms with Gasteiger partial charge >= 0.3 is 0 Å². The molecule has 7 nitrogen and oxygen atoms in total. The molecule has 0 aliphatic carbocycles. The van der Waals surface area contributed by atoms with E-state index in [2.05, 4.69) is 0 Å². The van der Waals surface area contributed by atoms with Crippen molar-refractivity contribution in [2.75, 3.05) is 47.5 Å². The Morgan fingerprint density at radius 1 is 0.931 bits per heavy atom. The highest BCUT2D eigenvalue weighted by Gasteiger charge is 2.31. The molecular weight excluding hydrogens is 399 g/mol. The number of methoxy groups -OCH3 is 3. The Morgan fingerprint density at radius 2 is 1.48 bits per heavy atom. The average Bonchev–Trinajstić information content (AvgIpc) is 2.74. The van der Waals surface area contributed by atoms with Crippen molar-refractivity contribution >= 4 is 10.0 Å². The van der Waals surface area contributed by atoms with Gasteiger partial charge in [0.2, 0.25) is 10.0 Å². The van der Waals surface area contributed by atoms with E-state index in [9.17, 15) is 12.8 Å². The summed E-state index contributed by atoms with van der Waals surface area (Å²) in [6.45, 7) is 2.76. The Kier molecular flexibility index (Phi) is 6.61. The summed E-state index contributed by atoms with van der Waals surface area (Å²) in [5, 5.41) is 0. The highest BCUT2D eigenvalue weighted by atomic mass is 32.2. The third-order valence-electron chi connectivity index (χ3n) is 5.11. The first-order valence-corrected chi connectivity index (χ1v) is 10.7. The number of sulfonamides is 1. The van der Waals surface area contributed by atoms with E-state index in [-0.39, 0.29) is 4.90 Å². The monoisotopic (exact) mass is 425 g/mol. The van der Waals surface area contributed by atoms with Crippen LogP contribution in [0, 0.1) is 5.82 Å². The van der Waals surface area contributed by atoms with Gasteiger partial charge in [-0.05, 0) is 30.3 Å². The minimum atomic E-state index is -3.62. The maximum absolute atomic E-state index is 13.1. The van der Waals surface area contributed by atoms with Gasteiger partial charge in [0, 0.05) is 6.07 Å². The topological polar surface area (TPSA) is 69.5 Å². The number of ether oxygens (including phenoxy) is 3. The van der Waals surface area contributed by atoms with Gasteiger partial charge in [0.25, 0.3) is 0 Å². The molecule has 0 radical (unpaired) electrons. The SMILES string of the molecule is COc1cc(OC)c(OC)cc1C[NH+]1CCN(S(=O)(=O)c2ccc(F)cc2)CC1. The van der Waals surface area contributed by atoms with E-state index in [0.717, 1.165) is 17.7 Å². The number of hydrogen-bond donors (Lipinski definition) is 1. The molecule has 2 aromatic carbocycles. The zero-order chi connectivity index (χ0) is 21.0. The van der Waals surface area contributed by atoms with Crippen LogP contribution in [0.15, 0.2) is 41.3 Å². The summed E-state index contributed by atoms with van der Waals surface area (Å²) in [5.41, 5.74) is 0.968. The molecule has 0 bridgehead atoms. The fourth-order valence-electron chi connectivity index (χ4n) is 3.48. The van der Waals surface area contributed by atoms with E-state index in [0.29, 0.717) is 50.0 Å². The molecule has 0 aromatic heterocycles. The summed E-state index contributed by atoms with van der Waals surface area (Å²) in [5.74, 6) is 1.47. The number of piperazine rings is 1. The zero-order valence-corrected chi connectivity index (χ0v) is 17.6. The Balaban J connectivity index is 1.69. The van der Waals surface area contributed by atoms with Crippen LogP contribution in [0.1, 0.15) is 5.56 Å². The van der Waals surface area contributed by atoms with Crippen molar-refractivity contribution in [2.45, 2.75) is 11.4 Å². The van der Waals surface area contributed by atoms with E-state index < -0.39 is 15.8 Å². The molecule has 1 fully saturated rings. The second kappa shape index (κ2) is 8.98. The highest BCUT2D eigenvalue weighted by Crippen LogP contribution is 2.34. The van der Waals surface area contributed by atoms with Crippen LogP contribution in [0.5, 0.6) is 17.2 Å². The van der Waals surface area contributed by atoms with E-state index in [1.807, 2.05) is 6.07 Å². The first-order chi connectivity index (χ1) is 13.9. The maximum atomic E-state index is 13.1. The van der Waals surface area contributed by atoms with E-state index in [1.54, 1.807) is 27.4 Å². The van der Waals surface area contributed by atoms with Crippen LogP contribution in [0.4, 0.5) is 4.39 Å². The lowest BCUT2D eigenvalue weighted by molar-refractivity contribution is -0.917. The van der Waals surface area contributed by atoms with Gasteiger partial charge in [-0.1, -0.05) is 0 Å². The average molecular weight is 426 g/mol. The Bertz CT molecular complexity index is 942. The molecule has 1 saturated heterocycles. The summed E-state index contributed by atoms with van der Waals surface area (Å²) < 4.78 is 56.3. The third-order valence-corrected chi connectivity index (χ3v) is 7.02. The summed E-state index contributed by atoms with van der Waals surface area (Å²) in [6.07, 6.45) is 0. The van der Waals surface area contributed by atoms with Gasteiger partial charge in [0.05, 0.1) is 58.0 Å². The fraction of sp³-hybridized carbons (Fsp3) is 0.400. The number of halogens is 1. The minimum absolute atomic E-state index is 0.115. The van der Waals surface area contributed by atoms with E-state index in [4.69, 9.17) is 14.2 Å². The summed E-state index contributed by atoms with van der Waals surface area (Å²) in [7, 11) is 1.14. The lowest BCUT2D eigenvalue weighted by atomic mass is 10.1. The number of nitrogens with one attached hydrogen (secondary N) is 1. The van der Waals surface area contributed by atoms with Crippen LogP contribution < -0.4 is 19.1 Å².